The number of carbonyl (C=O) groups excluding carboxylic acids is 1. The number of aliphatic imine (C=N–C) groups is 1. The van der Waals surface area contributed by atoms with Crippen LogP contribution in [-0.2, 0) is 16.0 Å². The van der Waals surface area contributed by atoms with Crippen molar-refractivity contribution < 1.29 is 14.6 Å². The first kappa shape index (κ1) is 20.3. The fourth-order valence-corrected chi connectivity index (χ4v) is 3.06. The molecule has 0 saturated carbocycles. The molecule has 0 fully saturated rings. The van der Waals surface area contributed by atoms with E-state index in [2.05, 4.69) is 0 Å². The van der Waals surface area contributed by atoms with Crippen molar-refractivity contribution in [1.82, 2.24) is 0 Å². The highest BCUT2D eigenvalue weighted by molar-refractivity contribution is 6.15. The summed E-state index contributed by atoms with van der Waals surface area (Å²) in [6.07, 6.45) is 0.178. The molecule has 0 aliphatic rings. The molecule has 0 aliphatic heterocycles. The van der Waals surface area contributed by atoms with Crippen LogP contribution in [-0.4, -0.2) is 28.9 Å². The molecule has 1 atom stereocenters. The molecule has 4 nitrogen and oxygen atoms in total. The quantitative estimate of drug-likeness (QED) is 0.468. The van der Waals surface area contributed by atoms with E-state index < -0.39 is 6.04 Å². The van der Waals surface area contributed by atoms with Crippen molar-refractivity contribution in [3.05, 3.63) is 102 Å². The number of hydrogen-bond donors (Lipinski definition) is 1. The number of carbonyl (C=O) groups is 1. The normalized spacial score (nSPS) is 12.6. The molecule has 1 N–H and O–H groups in total. The zero-order valence-electron chi connectivity index (χ0n) is 16.7. The van der Waals surface area contributed by atoms with E-state index in [-0.39, 0.29) is 17.8 Å². The number of phenols is 1. The van der Waals surface area contributed by atoms with Crippen molar-refractivity contribution in [2.75, 3.05) is 0 Å². The zero-order chi connectivity index (χ0) is 20.6. The molecule has 0 spiro atoms. The van der Waals surface area contributed by atoms with Crippen LogP contribution >= 0.6 is 0 Å². The van der Waals surface area contributed by atoms with E-state index in [0.29, 0.717) is 17.7 Å². The highest BCUT2D eigenvalue weighted by Gasteiger charge is 2.23. The largest absolute Gasteiger partial charge is 0.507 e. The monoisotopic (exact) mass is 387 g/mol. The minimum atomic E-state index is -0.727. The third kappa shape index (κ3) is 5.55. The lowest BCUT2D eigenvalue weighted by molar-refractivity contribution is -0.148. The van der Waals surface area contributed by atoms with Gasteiger partial charge in [-0.1, -0.05) is 72.8 Å². The molecule has 0 radical (unpaired) electrons. The standard InChI is InChI=1S/C25H25NO3/c1-18(2)29-25(28)22(17-19-11-5-3-6-12-19)26-24(20-13-7-4-8-14-20)21-15-9-10-16-23(21)27/h3-16,18,22,27H,17H2,1-2H3/t22-/m0/s1. The van der Waals surface area contributed by atoms with Crippen LogP contribution in [0, 0.1) is 0 Å². The minimum absolute atomic E-state index is 0.116. The van der Waals surface area contributed by atoms with Crippen molar-refractivity contribution in [3.63, 3.8) is 0 Å². The van der Waals surface area contributed by atoms with E-state index >= 15 is 0 Å². The Hall–Kier alpha value is -3.40. The number of nitrogens with zero attached hydrogens (tertiary/aromatic N) is 1. The van der Waals surface area contributed by atoms with E-state index in [1.165, 1.54) is 0 Å². The van der Waals surface area contributed by atoms with E-state index in [1.807, 2.05) is 80.6 Å². The molecule has 0 bridgehead atoms. The summed E-state index contributed by atoms with van der Waals surface area (Å²) in [6, 6.07) is 25.6. The zero-order valence-corrected chi connectivity index (χ0v) is 16.7. The van der Waals surface area contributed by atoms with Gasteiger partial charge in [-0.2, -0.15) is 0 Å². The van der Waals surface area contributed by atoms with Gasteiger partial charge >= 0.3 is 5.97 Å². The van der Waals surface area contributed by atoms with Crippen LogP contribution in [0.5, 0.6) is 5.75 Å². The maximum absolute atomic E-state index is 12.8. The lowest BCUT2D eigenvalue weighted by atomic mass is 10.00. The lowest BCUT2D eigenvalue weighted by Crippen LogP contribution is -2.28. The van der Waals surface area contributed by atoms with Gasteiger partial charge in [0, 0.05) is 17.5 Å². The number of hydrogen-bond acceptors (Lipinski definition) is 4. The summed E-state index contributed by atoms with van der Waals surface area (Å²) >= 11 is 0. The Morgan fingerprint density at radius 2 is 1.48 bits per heavy atom. The van der Waals surface area contributed by atoms with E-state index in [9.17, 15) is 9.90 Å². The van der Waals surface area contributed by atoms with Gasteiger partial charge in [-0.05, 0) is 31.5 Å². The fourth-order valence-electron chi connectivity index (χ4n) is 3.06. The van der Waals surface area contributed by atoms with Gasteiger partial charge in [0.15, 0.2) is 6.04 Å². The highest BCUT2D eigenvalue weighted by atomic mass is 16.5. The Labute approximate surface area is 171 Å². The average molecular weight is 387 g/mol. The fraction of sp³-hybridized carbons (Fsp3) is 0.200. The summed E-state index contributed by atoms with van der Waals surface area (Å²) < 4.78 is 5.48. The summed E-state index contributed by atoms with van der Waals surface area (Å²) in [5, 5.41) is 10.4. The minimum Gasteiger partial charge on any atom is -0.507 e. The number of para-hydroxylation sites is 1. The number of ether oxygens (including phenoxy) is 1. The lowest BCUT2D eigenvalue weighted by Gasteiger charge is -2.17. The third-order valence-electron chi connectivity index (χ3n) is 4.39. The van der Waals surface area contributed by atoms with Gasteiger partial charge in [-0.3, -0.25) is 4.99 Å². The van der Waals surface area contributed by atoms with E-state index in [1.54, 1.807) is 18.2 Å². The molecule has 148 valence electrons. The van der Waals surface area contributed by atoms with Crippen LogP contribution in [0.15, 0.2) is 89.9 Å². The van der Waals surface area contributed by atoms with Crippen LogP contribution in [0.25, 0.3) is 0 Å². The molecule has 29 heavy (non-hydrogen) atoms. The summed E-state index contributed by atoms with van der Waals surface area (Å²) in [6.45, 7) is 3.64. The molecule has 3 aromatic carbocycles. The van der Waals surface area contributed by atoms with Crippen LogP contribution in [0.4, 0.5) is 0 Å². The summed E-state index contributed by atoms with van der Waals surface area (Å²) in [5.41, 5.74) is 2.95. The number of rotatable bonds is 7. The number of esters is 1. The average Bonchev–Trinajstić information content (AvgIpc) is 2.72. The first-order valence-corrected chi connectivity index (χ1v) is 9.70. The maximum Gasteiger partial charge on any atom is 0.331 e. The maximum atomic E-state index is 12.8. The van der Waals surface area contributed by atoms with Crippen molar-refractivity contribution in [2.45, 2.75) is 32.4 Å². The molecule has 4 heteroatoms. The predicted molar refractivity (Wildman–Crippen MR) is 115 cm³/mol. The van der Waals surface area contributed by atoms with Gasteiger partial charge in [-0.25, -0.2) is 4.79 Å². The first-order chi connectivity index (χ1) is 14.0. The molecule has 0 amide bonds. The highest BCUT2D eigenvalue weighted by Crippen LogP contribution is 2.22. The van der Waals surface area contributed by atoms with E-state index in [0.717, 1.165) is 11.1 Å². The Morgan fingerprint density at radius 3 is 2.10 bits per heavy atom. The van der Waals surface area contributed by atoms with Gasteiger partial charge in [0.05, 0.1) is 11.8 Å². The molecular weight excluding hydrogens is 362 g/mol. The van der Waals surface area contributed by atoms with Crippen LogP contribution < -0.4 is 0 Å². The molecule has 0 heterocycles. The van der Waals surface area contributed by atoms with Gasteiger partial charge < -0.3 is 9.84 Å². The second-order valence-electron chi connectivity index (χ2n) is 7.05. The Morgan fingerprint density at radius 1 is 0.897 bits per heavy atom. The van der Waals surface area contributed by atoms with Gasteiger partial charge in [0.2, 0.25) is 0 Å². The third-order valence-corrected chi connectivity index (χ3v) is 4.39. The van der Waals surface area contributed by atoms with Crippen molar-refractivity contribution in [3.8, 4) is 5.75 Å². The Bertz CT molecular complexity index is 966. The van der Waals surface area contributed by atoms with Gasteiger partial charge in [-0.15, -0.1) is 0 Å². The molecule has 0 saturated heterocycles. The van der Waals surface area contributed by atoms with Crippen molar-refractivity contribution in [1.29, 1.82) is 0 Å². The van der Waals surface area contributed by atoms with Crippen LogP contribution in [0.1, 0.15) is 30.5 Å². The summed E-state index contributed by atoms with van der Waals surface area (Å²) in [4.78, 5) is 17.7. The molecule has 0 aliphatic carbocycles. The molecule has 0 unspecified atom stereocenters. The number of phenolic OH excluding ortho intramolecular Hbond substituents is 1. The Balaban J connectivity index is 2.08. The van der Waals surface area contributed by atoms with Crippen molar-refractivity contribution >= 4 is 11.7 Å². The Kier molecular flexibility index (Phi) is 6.80. The molecule has 0 aromatic heterocycles. The van der Waals surface area contributed by atoms with Crippen molar-refractivity contribution in [2.24, 2.45) is 4.99 Å². The van der Waals surface area contributed by atoms with Gasteiger partial charge in [0.1, 0.15) is 5.75 Å². The topological polar surface area (TPSA) is 58.9 Å². The van der Waals surface area contributed by atoms with Gasteiger partial charge in [0.25, 0.3) is 0 Å². The predicted octanol–water partition coefficient (Wildman–Crippen LogP) is 4.79. The second kappa shape index (κ2) is 9.69. The summed E-state index contributed by atoms with van der Waals surface area (Å²) in [7, 11) is 0. The number of benzene rings is 3. The van der Waals surface area contributed by atoms with E-state index in [4.69, 9.17) is 9.73 Å². The second-order valence-corrected chi connectivity index (χ2v) is 7.05. The first-order valence-electron chi connectivity index (χ1n) is 9.70. The SMILES string of the molecule is CC(C)OC(=O)[C@H](Cc1ccccc1)N=C(c1ccccc1)c1ccccc1O. The molecule has 3 aromatic rings. The number of aromatic hydroxyl groups is 1. The summed E-state index contributed by atoms with van der Waals surface area (Å²) in [5.74, 6) is -0.265. The van der Waals surface area contributed by atoms with Crippen LogP contribution in [0.3, 0.4) is 0 Å². The van der Waals surface area contributed by atoms with Crippen LogP contribution in [0.2, 0.25) is 0 Å². The molecule has 3 rings (SSSR count). The molecular formula is C25H25NO3. The smallest absolute Gasteiger partial charge is 0.331 e.